The molecule has 3 N–H and O–H groups in total. The molecular weight excluding hydrogens is 425 g/mol. The van der Waals surface area contributed by atoms with E-state index in [0.29, 0.717) is 22.7 Å². The van der Waals surface area contributed by atoms with Crippen LogP contribution in [0.1, 0.15) is 39.1 Å². The fourth-order valence-corrected chi connectivity index (χ4v) is 5.02. The highest BCUT2D eigenvalue weighted by atomic mass is 32.2. The van der Waals surface area contributed by atoms with Gasteiger partial charge in [-0.2, -0.15) is 0 Å². The lowest BCUT2D eigenvalue weighted by molar-refractivity contribution is 0.585. The van der Waals surface area contributed by atoms with Crippen LogP contribution in [0.5, 0.6) is 0 Å². The molecule has 0 aliphatic heterocycles. The Morgan fingerprint density at radius 3 is 2.57 bits per heavy atom. The van der Waals surface area contributed by atoms with Crippen molar-refractivity contribution in [3.8, 4) is 21.8 Å². The molecule has 30 heavy (non-hydrogen) atoms. The highest BCUT2D eigenvalue weighted by Gasteiger charge is 2.26. The van der Waals surface area contributed by atoms with E-state index in [2.05, 4.69) is 14.7 Å². The van der Waals surface area contributed by atoms with Crippen molar-refractivity contribution >= 4 is 33.0 Å². The second-order valence-electron chi connectivity index (χ2n) is 7.83. The summed E-state index contributed by atoms with van der Waals surface area (Å²) in [5, 5.41) is 0.793. The Hall–Kier alpha value is -2.59. The van der Waals surface area contributed by atoms with E-state index >= 15 is 4.39 Å². The van der Waals surface area contributed by atoms with Crippen molar-refractivity contribution in [3.05, 3.63) is 41.3 Å². The fraction of sp³-hybridized carbons (Fsp3) is 0.350. The molecule has 0 atom stereocenters. The van der Waals surface area contributed by atoms with Crippen molar-refractivity contribution < 1.29 is 12.8 Å². The molecule has 3 aromatic rings. The monoisotopic (exact) mass is 449 g/mol. The Kier molecular flexibility index (Phi) is 6.09. The van der Waals surface area contributed by atoms with E-state index in [9.17, 15) is 8.42 Å². The van der Waals surface area contributed by atoms with Crippen LogP contribution in [-0.2, 0) is 15.4 Å². The number of anilines is 2. The molecule has 0 aliphatic carbocycles. The van der Waals surface area contributed by atoms with Crippen molar-refractivity contribution in [3.63, 3.8) is 0 Å². The van der Waals surface area contributed by atoms with E-state index in [-0.39, 0.29) is 28.4 Å². The standard InChI is InChI=1S/C20H24FN5O2S2/c1-5-11-30(27,28)26-13-8-6-7-12(15(13)21)16-17(14-9-10-23-19(22)24-14)29-18(25-16)20(2,3)4/h6-10,26H,5,11H2,1-4H3,(H2,22,23,24). The van der Waals surface area contributed by atoms with Gasteiger partial charge in [-0.25, -0.2) is 27.8 Å². The lowest BCUT2D eigenvalue weighted by atomic mass is 9.98. The Bertz CT molecular complexity index is 1170. The third-order valence-electron chi connectivity index (χ3n) is 4.17. The number of nitrogens with one attached hydrogen (secondary N) is 1. The zero-order chi connectivity index (χ0) is 22.1. The fourth-order valence-electron chi connectivity index (χ4n) is 2.78. The van der Waals surface area contributed by atoms with E-state index in [0.717, 1.165) is 5.01 Å². The van der Waals surface area contributed by atoms with Gasteiger partial charge >= 0.3 is 0 Å². The normalized spacial score (nSPS) is 12.2. The maximum Gasteiger partial charge on any atom is 0.232 e. The molecule has 0 radical (unpaired) electrons. The molecular formula is C20H24FN5O2S2. The van der Waals surface area contributed by atoms with Gasteiger partial charge in [0.05, 0.1) is 32.7 Å². The molecule has 7 nitrogen and oxygen atoms in total. The minimum Gasteiger partial charge on any atom is -0.368 e. The molecule has 2 heterocycles. The molecule has 1 aromatic carbocycles. The number of sulfonamides is 1. The van der Waals surface area contributed by atoms with Crippen LogP contribution in [-0.4, -0.2) is 29.1 Å². The number of halogens is 1. The summed E-state index contributed by atoms with van der Waals surface area (Å²) in [4.78, 5) is 13.5. The number of benzene rings is 1. The van der Waals surface area contributed by atoms with E-state index in [1.165, 1.54) is 23.6 Å². The van der Waals surface area contributed by atoms with Gasteiger partial charge in [-0.3, -0.25) is 4.72 Å². The van der Waals surface area contributed by atoms with Crippen LogP contribution in [0, 0.1) is 5.82 Å². The second-order valence-corrected chi connectivity index (χ2v) is 10.7. The SMILES string of the molecule is CCCS(=O)(=O)Nc1cccc(-c2nc(C(C)(C)C)sc2-c2ccnc(N)n2)c1F. The predicted octanol–water partition coefficient (Wildman–Crippen LogP) is 4.44. The quantitative estimate of drug-likeness (QED) is 0.576. The second kappa shape index (κ2) is 8.27. The molecule has 0 unspecified atom stereocenters. The third-order valence-corrected chi connectivity index (χ3v) is 7.15. The smallest absolute Gasteiger partial charge is 0.232 e. The summed E-state index contributed by atoms with van der Waals surface area (Å²) in [5.74, 6) is -0.676. The summed E-state index contributed by atoms with van der Waals surface area (Å²) >= 11 is 1.40. The van der Waals surface area contributed by atoms with Crippen LogP contribution in [0.25, 0.3) is 21.8 Å². The van der Waals surface area contributed by atoms with Gasteiger partial charge in [-0.05, 0) is 24.6 Å². The lowest BCUT2D eigenvalue weighted by Gasteiger charge is -2.13. The molecule has 160 valence electrons. The molecule has 0 amide bonds. The molecule has 0 aliphatic rings. The van der Waals surface area contributed by atoms with Crippen molar-refractivity contribution in [2.24, 2.45) is 0 Å². The molecule has 2 aromatic heterocycles. The number of hydrogen-bond donors (Lipinski definition) is 2. The van der Waals surface area contributed by atoms with Crippen LogP contribution in [0.4, 0.5) is 16.0 Å². The number of thiazole rings is 1. The Labute approximate surface area is 179 Å². The zero-order valence-corrected chi connectivity index (χ0v) is 18.9. The Morgan fingerprint density at radius 2 is 1.93 bits per heavy atom. The molecule has 10 heteroatoms. The number of hydrogen-bond acceptors (Lipinski definition) is 7. The Balaban J connectivity index is 2.18. The van der Waals surface area contributed by atoms with E-state index in [4.69, 9.17) is 10.7 Å². The lowest BCUT2D eigenvalue weighted by Crippen LogP contribution is -2.17. The predicted molar refractivity (Wildman–Crippen MR) is 119 cm³/mol. The van der Waals surface area contributed by atoms with E-state index in [1.807, 2.05) is 20.8 Å². The van der Waals surface area contributed by atoms with Crippen LogP contribution in [0.3, 0.4) is 0 Å². The first kappa shape index (κ1) is 22.1. The van der Waals surface area contributed by atoms with Gasteiger partial charge < -0.3 is 5.73 Å². The van der Waals surface area contributed by atoms with Gasteiger partial charge in [0.1, 0.15) is 0 Å². The maximum atomic E-state index is 15.4. The number of nitrogens with two attached hydrogens (primary N) is 1. The van der Waals surface area contributed by atoms with Crippen molar-refractivity contribution in [1.29, 1.82) is 0 Å². The number of aromatic nitrogens is 3. The summed E-state index contributed by atoms with van der Waals surface area (Å²) in [6.45, 7) is 7.78. The molecule has 0 bridgehead atoms. The first-order valence-corrected chi connectivity index (χ1v) is 11.9. The van der Waals surface area contributed by atoms with E-state index in [1.54, 1.807) is 25.1 Å². The van der Waals surface area contributed by atoms with E-state index < -0.39 is 15.8 Å². The zero-order valence-electron chi connectivity index (χ0n) is 17.2. The van der Waals surface area contributed by atoms with Crippen molar-refractivity contribution in [2.45, 2.75) is 39.5 Å². The molecule has 0 saturated heterocycles. The summed E-state index contributed by atoms with van der Waals surface area (Å²) in [6.07, 6.45) is 1.96. The summed E-state index contributed by atoms with van der Waals surface area (Å²) < 4.78 is 42.0. The molecule has 0 saturated carbocycles. The topological polar surface area (TPSA) is 111 Å². The number of nitrogen functional groups attached to an aromatic ring is 1. The summed E-state index contributed by atoms with van der Waals surface area (Å²) in [6, 6.07) is 6.25. The number of nitrogens with zero attached hydrogens (tertiary/aromatic N) is 3. The first-order valence-electron chi connectivity index (χ1n) is 9.41. The summed E-state index contributed by atoms with van der Waals surface area (Å²) in [7, 11) is -3.64. The largest absolute Gasteiger partial charge is 0.368 e. The average molecular weight is 450 g/mol. The van der Waals surface area contributed by atoms with Gasteiger partial charge in [-0.15, -0.1) is 11.3 Å². The van der Waals surface area contributed by atoms with Crippen LogP contribution in [0.15, 0.2) is 30.5 Å². The highest BCUT2D eigenvalue weighted by Crippen LogP contribution is 2.41. The minimum absolute atomic E-state index is 0.0903. The van der Waals surface area contributed by atoms with Crippen LogP contribution >= 0.6 is 11.3 Å². The van der Waals surface area contributed by atoms with Gasteiger partial charge in [-0.1, -0.05) is 33.8 Å². The Morgan fingerprint density at radius 1 is 1.20 bits per heavy atom. The molecule has 3 rings (SSSR count). The molecule has 0 fully saturated rings. The van der Waals surface area contributed by atoms with Crippen LogP contribution < -0.4 is 10.5 Å². The van der Waals surface area contributed by atoms with Crippen molar-refractivity contribution in [1.82, 2.24) is 15.0 Å². The van der Waals surface area contributed by atoms with Gasteiger partial charge in [0.2, 0.25) is 16.0 Å². The number of rotatable bonds is 6. The maximum absolute atomic E-state index is 15.4. The first-order chi connectivity index (χ1) is 14.0. The average Bonchev–Trinajstić information content (AvgIpc) is 3.09. The molecule has 0 spiro atoms. The van der Waals surface area contributed by atoms with Gasteiger partial charge in [0, 0.05) is 17.2 Å². The third kappa shape index (κ3) is 4.76. The van der Waals surface area contributed by atoms with Gasteiger partial charge in [0.15, 0.2) is 5.82 Å². The van der Waals surface area contributed by atoms with Crippen LogP contribution in [0.2, 0.25) is 0 Å². The van der Waals surface area contributed by atoms with Crippen molar-refractivity contribution in [2.75, 3.05) is 16.2 Å². The van der Waals surface area contributed by atoms with Gasteiger partial charge in [0.25, 0.3) is 0 Å². The summed E-state index contributed by atoms with van der Waals surface area (Å²) in [5.41, 5.74) is 6.46. The minimum atomic E-state index is -3.64. The highest BCUT2D eigenvalue weighted by molar-refractivity contribution is 7.92.